The third-order valence-electron chi connectivity index (χ3n) is 3.59. The van der Waals surface area contributed by atoms with Crippen molar-refractivity contribution in [1.82, 2.24) is 4.90 Å². The van der Waals surface area contributed by atoms with E-state index >= 15 is 0 Å². The second kappa shape index (κ2) is 8.93. The summed E-state index contributed by atoms with van der Waals surface area (Å²) < 4.78 is 0. The molecule has 0 aliphatic rings. The van der Waals surface area contributed by atoms with Crippen LogP contribution in [0.25, 0.3) is 6.08 Å². The Hall–Kier alpha value is -1.13. The van der Waals surface area contributed by atoms with Crippen LogP contribution in [0.4, 0.5) is 0 Å². The van der Waals surface area contributed by atoms with Crippen LogP contribution in [-0.4, -0.2) is 29.1 Å². The highest BCUT2D eigenvalue weighted by atomic mass is 32.1. The van der Waals surface area contributed by atoms with E-state index in [1.807, 2.05) is 5.38 Å². The Balaban J connectivity index is 2.59. The number of carboxylic acids is 1. The first-order valence-electron chi connectivity index (χ1n) is 7.29. The van der Waals surface area contributed by atoms with Crippen LogP contribution in [0.2, 0.25) is 0 Å². The smallest absolute Gasteiger partial charge is 0.328 e. The van der Waals surface area contributed by atoms with E-state index in [4.69, 9.17) is 5.11 Å². The lowest BCUT2D eigenvalue weighted by atomic mass is 10.0. The molecule has 0 aromatic carbocycles. The molecule has 1 heterocycles. The monoisotopic (exact) mass is 295 g/mol. The average molecular weight is 295 g/mol. The third kappa shape index (κ3) is 5.88. The van der Waals surface area contributed by atoms with E-state index in [0.29, 0.717) is 0 Å². The summed E-state index contributed by atoms with van der Waals surface area (Å²) in [4.78, 5) is 14.3. The van der Waals surface area contributed by atoms with Crippen molar-refractivity contribution >= 4 is 23.4 Å². The van der Waals surface area contributed by atoms with Crippen LogP contribution >= 0.6 is 11.3 Å². The highest BCUT2D eigenvalue weighted by Crippen LogP contribution is 2.19. The topological polar surface area (TPSA) is 40.5 Å². The minimum atomic E-state index is -0.901. The lowest BCUT2D eigenvalue weighted by Crippen LogP contribution is -2.28. The largest absolute Gasteiger partial charge is 0.478 e. The molecule has 0 radical (unpaired) electrons. The van der Waals surface area contributed by atoms with Crippen LogP contribution in [0.1, 0.15) is 44.1 Å². The van der Waals surface area contributed by atoms with Crippen LogP contribution in [0, 0.1) is 5.92 Å². The van der Waals surface area contributed by atoms with Gasteiger partial charge in [0.25, 0.3) is 0 Å². The molecule has 0 saturated carbocycles. The molecule has 0 amide bonds. The van der Waals surface area contributed by atoms with Crippen molar-refractivity contribution in [3.8, 4) is 0 Å². The minimum Gasteiger partial charge on any atom is -0.478 e. The van der Waals surface area contributed by atoms with Crippen LogP contribution in [0.5, 0.6) is 0 Å². The fourth-order valence-electron chi connectivity index (χ4n) is 2.17. The number of carbonyl (C=O) groups is 1. The quantitative estimate of drug-likeness (QED) is 0.697. The van der Waals surface area contributed by atoms with E-state index in [1.165, 1.54) is 23.8 Å². The van der Waals surface area contributed by atoms with E-state index in [-0.39, 0.29) is 0 Å². The SMILES string of the molecule is CCC(CC)CN(CC)Cc1cc(C=CC(=O)O)cs1. The van der Waals surface area contributed by atoms with Gasteiger partial charge in [-0.2, -0.15) is 0 Å². The van der Waals surface area contributed by atoms with Gasteiger partial charge in [-0.25, -0.2) is 4.79 Å². The van der Waals surface area contributed by atoms with Gasteiger partial charge >= 0.3 is 5.97 Å². The predicted molar refractivity (Wildman–Crippen MR) is 86.0 cm³/mol. The van der Waals surface area contributed by atoms with Gasteiger partial charge in [0.15, 0.2) is 0 Å². The Bertz CT molecular complexity index is 435. The number of hydrogen-bond donors (Lipinski definition) is 1. The summed E-state index contributed by atoms with van der Waals surface area (Å²) in [7, 11) is 0. The van der Waals surface area contributed by atoms with Crippen molar-refractivity contribution in [2.45, 2.75) is 40.2 Å². The van der Waals surface area contributed by atoms with E-state index in [9.17, 15) is 4.79 Å². The summed E-state index contributed by atoms with van der Waals surface area (Å²) in [6.07, 6.45) is 5.29. The van der Waals surface area contributed by atoms with Gasteiger partial charge in [-0.15, -0.1) is 11.3 Å². The summed E-state index contributed by atoms with van der Waals surface area (Å²) in [5.74, 6) is -0.136. The van der Waals surface area contributed by atoms with Gasteiger partial charge in [0.1, 0.15) is 0 Å². The van der Waals surface area contributed by atoms with Crippen molar-refractivity contribution < 1.29 is 9.90 Å². The molecule has 0 saturated heterocycles. The zero-order valence-corrected chi connectivity index (χ0v) is 13.4. The van der Waals surface area contributed by atoms with Gasteiger partial charge < -0.3 is 5.11 Å². The molecule has 0 atom stereocenters. The maximum atomic E-state index is 10.5. The molecule has 1 aromatic rings. The number of hydrogen-bond acceptors (Lipinski definition) is 3. The normalized spacial score (nSPS) is 11.8. The van der Waals surface area contributed by atoms with Crippen LogP contribution in [0.15, 0.2) is 17.5 Å². The maximum absolute atomic E-state index is 10.5. The molecule has 112 valence electrons. The Kier molecular flexibility index (Phi) is 7.55. The molecule has 1 rings (SSSR count). The Morgan fingerprint density at radius 1 is 1.40 bits per heavy atom. The number of aliphatic carboxylic acids is 1. The number of nitrogens with zero attached hydrogens (tertiary/aromatic N) is 1. The van der Waals surface area contributed by atoms with E-state index < -0.39 is 5.97 Å². The first-order chi connectivity index (χ1) is 9.58. The third-order valence-corrected chi connectivity index (χ3v) is 4.53. The van der Waals surface area contributed by atoms with Crippen molar-refractivity contribution in [1.29, 1.82) is 0 Å². The standard InChI is InChI=1S/C16H25NO2S/c1-4-13(5-2)10-17(6-3)11-15-9-14(12-20-15)7-8-16(18)19/h7-9,12-13H,4-6,10-11H2,1-3H3,(H,18,19). The van der Waals surface area contributed by atoms with Gasteiger partial charge in [-0.3, -0.25) is 4.90 Å². The molecule has 1 aromatic heterocycles. The molecule has 0 fully saturated rings. The van der Waals surface area contributed by atoms with E-state index in [1.54, 1.807) is 17.4 Å². The highest BCUT2D eigenvalue weighted by Gasteiger charge is 2.11. The van der Waals surface area contributed by atoms with Gasteiger partial charge in [0.2, 0.25) is 0 Å². The van der Waals surface area contributed by atoms with Crippen molar-refractivity contribution in [3.05, 3.63) is 28.0 Å². The molecule has 20 heavy (non-hydrogen) atoms. The fraction of sp³-hybridized carbons (Fsp3) is 0.562. The Morgan fingerprint density at radius 2 is 2.10 bits per heavy atom. The van der Waals surface area contributed by atoms with E-state index in [2.05, 4.69) is 31.7 Å². The Morgan fingerprint density at radius 3 is 2.65 bits per heavy atom. The summed E-state index contributed by atoms with van der Waals surface area (Å²) in [6.45, 7) is 9.85. The van der Waals surface area contributed by atoms with Gasteiger partial charge in [0, 0.05) is 24.0 Å². The second-order valence-corrected chi connectivity index (χ2v) is 6.02. The molecular weight excluding hydrogens is 270 g/mol. The van der Waals surface area contributed by atoms with Crippen molar-refractivity contribution in [2.75, 3.05) is 13.1 Å². The lowest BCUT2D eigenvalue weighted by molar-refractivity contribution is -0.131. The van der Waals surface area contributed by atoms with Gasteiger partial charge in [-0.05, 0) is 35.5 Å². The molecule has 4 heteroatoms. The maximum Gasteiger partial charge on any atom is 0.328 e. The number of thiophene rings is 1. The lowest BCUT2D eigenvalue weighted by Gasteiger charge is -2.24. The minimum absolute atomic E-state index is 0.765. The summed E-state index contributed by atoms with van der Waals surface area (Å²) in [5, 5.41) is 10.6. The number of rotatable bonds is 9. The molecular formula is C16H25NO2S. The predicted octanol–water partition coefficient (Wildman–Crippen LogP) is 4.10. The highest BCUT2D eigenvalue weighted by molar-refractivity contribution is 7.10. The zero-order chi connectivity index (χ0) is 15.0. The Labute approximate surface area is 125 Å². The molecule has 1 N–H and O–H groups in total. The fourth-order valence-corrected chi connectivity index (χ4v) is 3.07. The zero-order valence-electron chi connectivity index (χ0n) is 12.6. The molecule has 0 spiro atoms. The van der Waals surface area contributed by atoms with Gasteiger partial charge in [0.05, 0.1) is 0 Å². The first-order valence-corrected chi connectivity index (χ1v) is 8.17. The van der Waals surface area contributed by atoms with Crippen LogP contribution in [0.3, 0.4) is 0 Å². The first kappa shape index (κ1) is 16.9. The second-order valence-electron chi connectivity index (χ2n) is 5.03. The van der Waals surface area contributed by atoms with E-state index in [0.717, 1.165) is 31.1 Å². The van der Waals surface area contributed by atoms with Crippen LogP contribution in [-0.2, 0) is 11.3 Å². The average Bonchev–Trinajstić information content (AvgIpc) is 2.88. The summed E-state index contributed by atoms with van der Waals surface area (Å²) in [6, 6.07) is 2.08. The molecule has 0 aliphatic heterocycles. The molecule has 0 aliphatic carbocycles. The van der Waals surface area contributed by atoms with Crippen LogP contribution < -0.4 is 0 Å². The molecule has 0 bridgehead atoms. The summed E-state index contributed by atoms with van der Waals surface area (Å²) in [5.41, 5.74) is 0.978. The number of carboxylic acid groups (broad SMARTS) is 1. The van der Waals surface area contributed by atoms with Gasteiger partial charge in [-0.1, -0.05) is 33.6 Å². The summed E-state index contributed by atoms with van der Waals surface area (Å²) >= 11 is 1.70. The van der Waals surface area contributed by atoms with Crippen molar-refractivity contribution in [3.63, 3.8) is 0 Å². The van der Waals surface area contributed by atoms with Crippen molar-refractivity contribution in [2.24, 2.45) is 5.92 Å². The molecule has 3 nitrogen and oxygen atoms in total. The molecule has 0 unspecified atom stereocenters.